The second-order valence-electron chi connectivity index (χ2n) is 5.09. The fourth-order valence-electron chi connectivity index (χ4n) is 2.50. The van der Waals surface area contributed by atoms with Gasteiger partial charge >= 0.3 is 0 Å². The van der Waals surface area contributed by atoms with Crippen molar-refractivity contribution in [3.63, 3.8) is 0 Å². The first-order chi connectivity index (χ1) is 9.54. The minimum Gasteiger partial charge on any atom is -0.483 e. The maximum Gasteiger partial charge on any atom is 0.140 e. The molecule has 2 aromatic rings. The number of nitrogens with zero attached hydrogens (tertiary/aromatic N) is 1. The number of furan rings is 1. The van der Waals surface area contributed by atoms with Crippen LogP contribution < -0.4 is 4.74 Å². The van der Waals surface area contributed by atoms with Crippen LogP contribution in [-0.4, -0.2) is 18.5 Å². The minimum absolute atomic E-state index is 0.0998. The van der Waals surface area contributed by atoms with Crippen LogP contribution in [0, 0.1) is 6.92 Å². The SMILES string of the molecule is Cc1cc2c(o1)CN(C)CC2Oc1cccc(Cl)c1Cl. The van der Waals surface area contributed by atoms with E-state index in [9.17, 15) is 0 Å². The summed E-state index contributed by atoms with van der Waals surface area (Å²) < 4.78 is 11.8. The molecule has 0 spiro atoms. The first-order valence-corrected chi connectivity index (χ1v) is 7.18. The minimum atomic E-state index is -0.0998. The predicted octanol–water partition coefficient (Wildman–Crippen LogP) is 4.46. The molecular weight excluding hydrogens is 297 g/mol. The molecule has 3 nitrogen and oxygen atoms in total. The van der Waals surface area contributed by atoms with Crippen LogP contribution in [0.4, 0.5) is 0 Å². The van der Waals surface area contributed by atoms with E-state index in [1.165, 1.54) is 0 Å². The summed E-state index contributed by atoms with van der Waals surface area (Å²) in [6.45, 7) is 3.53. The Hall–Kier alpha value is -1.16. The van der Waals surface area contributed by atoms with Gasteiger partial charge in [0.05, 0.1) is 11.6 Å². The summed E-state index contributed by atoms with van der Waals surface area (Å²) >= 11 is 12.2. The van der Waals surface area contributed by atoms with Crippen molar-refractivity contribution in [2.75, 3.05) is 13.6 Å². The van der Waals surface area contributed by atoms with E-state index in [2.05, 4.69) is 4.90 Å². The maximum atomic E-state index is 6.19. The lowest BCUT2D eigenvalue weighted by Crippen LogP contribution is -2.32. The third-order valence-electron chi connectivity index (χ3n) is 3.39. The predicted molar refractivity (Wildman–Crippen MR) is 79.6 cm³/mol. The van der Waals surface area contributed by atoms with E-state index in [1.54, 1.807) is 6.07 Å². The molecule has 1 atom stereocenters. The largest absolute Gasteiger partial charge is 0.483 e. The van der Waals surface area contributed by atoms with E-state index in [0.29, 0.717) is 15.8 Å². The van der Waals surface area contributed by atoms with Crippen LogP contribution in [0.1, 0.15) is 23.2 Å². The van der Waals surface area contributed by atoms with Gasteiger partial charge < -0.3 is 9.15 Å². The van der Waals surface area contributed by atoms with Gasteiger partial charge in [-0.2, -0.15) is 0 Å². The second kappa shape index (κ2) is 5.32. The van der Waals surface area contributed by atoms with Crippen LogP contribution in [0.25, 0.3) is 0 Å². The Bertz CT molecular complexity index is 639. The number of likely N-dealkylation sites (N-methyl/N-ethyl adjacent to an activating group) is 1. The fourth-order valence-corrected chi connectivity index (χ4v) is 2.83. The Morgan fingerprint density at radius 3 is 2.95 bits per heavy atom. The molecule has 1 aromatic carbocycles. The third kappa shape index (κ3) is 2.53. The summed E-state index contributed by atoms with van der Waals surface area (Å²) in [5.74, 6) is 2.46. The van der Waals surface area contributed by atoms with Gasteiger partial charge in [-0.3, -0.25) is 4.90 Å². The lowest BCUT2D eigenvalue weighted by atomic mass is 10.1. The lowest BCUT2D eigenvalue weighted by Gasteiger charge is -2.29. The molecule has 1 aromatic heterocycles. The van der Waals surface area contributed by atoms with E-state index >= 15 is 0 Å². The average molecular weight is 312 g/mol. The van der Waals surface area contributed by atoms with E-state index in [1.807, 2.05) is 32.2 Å². The highest BCUT2D eigenvalue weighted by Gasteiger charge is 2.28. The molecule has 1 aliphatic rings. The molecule has 2 heterocycles. The number of aryl methyl sites for hydroxylation is 1. The molecule has 3 rings (SSSR count). The Kier molecular flexibility index (Phi) is 3.67. The normalized spacial score (nSPS) is 18.9. The highest BCUT2D eigenvalue weighted by Crippen LogP contribution is 2.37. The molecule has 0 saturated heterocycles. The zero-order valence-corrected chi connectivity index (χ0v) is 12.8. The molecule has 5 heteroatoms. The molecule has 0 fully saturated rings. The number of benzene rings is 1. The van der Waals surface area contributed by atoms with E-state index in [4.69, 9.17) is 32.4 Å². The number of hydrogen-bond acceptors (Lipinski definition) is 3. The number of hydrogen-bond donors (Lipinski definition) is 0. The molecular formula is C15H15Cl2NO2. The monoisotopic (exact) mass is 311 g/mol. The van der Waals surface area contributed by atoms with Gasteiger partial charge in [0.15, 0.2) is 0 Å². The van der Waals surface area contributed by atoms with Crippen molar-refractivity contribution >= 4 is 23.2 Å². The van der Waals surface area contributed by atoms with Gasteiger partial charge in [0.1, 0.15) is 28.4 Å². The van der Waals surface area contributed by atoms with Crippen molar-refractivity contribution in [2.24, 2.45) is 0 Å². The summed E-state index contributed by atoms with van der Waals surface area (Å²) in [6.07, 6.45) is -0.0998. The molecule has 106 valence electrons. The zero-order chi connectivity index (χ0) is 14.3. The van der Waals surface area contributed by atoms with Crippen LogP contribution in [0.3, 0.4) is 0 Å². The Morgan fingerprint density at radius 2 is 2.15 bits per heavy atom. The van der Waals surface area contributed by atoms with Crippen molar-refractivity contribution in [1.29, 1.82) is 0 Å². The van der Waals surface area contributed by atoms with Crippen molar-refractivity contribution in [3.8, 4) is 5.75 Å². The van der Waals surface area contributed by atoms with Gasteiger partial charge in [-0.15, -0.1) is 0 Å². The molecule has 0 aliphatic carbocycles. The highest BCUT2D eigenvalue weighted by molar-refractivity contribution is 6.42. The molecule has 1 aliphatic heterocycles. The summed E-state index contributed by atoms with van der Waals surface area (Å²) in [6, 6.07) is 7.44. The zero-order valence-electron chi connectivity index (χ0n) is 11.3. The Balaban J connectivity index is 1.93. The first-order valence-electron chi connectivity index (χ1n) is 6.43. The lowest BCUT2D eigenvalue weighted by molar-refractivity contribution is 0.120. The van der Waals surface area contributed by atoms with Crippen LogP contribution >= 0.6 is 23.2 Å². The van der Waals surface area contributed by atoms with Crippen molar-refractivity contribution in [2.45, 2.75) is 19.6 Å². The van der Waals surface area contributed by atoms with Gasteiger partial charge in [-0.25, -0.2) is 0 Å². The average Bonchev–Trinajstić information content (AvgIpc) is 2.75. The number of ether oxygens (including phenoxy) is 1. The van der Waals surface area contributed by atoms with Gasteiger partial charge in [-0.1, -0.05) is 29.3 Å². The number of halogens is 2. The summed E-state index contributed by atoms with van der Waals surface area (Å²) in [5, 5.41) is 0.945. The van der Waals surface area contributed by atoms with Crippen molar-refractivity contribution in [3.05, 3.63) is 51.4 Å². The molecule has 0 saturated carbocycles. The van der Waals surface area contributed by atoms with Gasteiger partial charge in [-0.05, 0) is 32.2 Å². The molecule has 20 heavy (non-hydrogen) atoms. The van der Waals surface area contributed by atoms with Crippen LogP contribution in [0.2, 0.25) is 10.0 Å². The van der Waals surface area contributed by atoms with E-state index in [0.717, 1.165) is 30.2 Å². The van der Waals surface area contributed by atoms with Gasteiger partial charge in [0.25, 0.3) is 0 Å². The summed E-state index contributed by atoms with van der Waals surface area (Å²) in [4.78, 5) is 2.16. The topological polar surface area (TPSA) is 25.6 Å². The van der Waals surface area contributed by atoms with E-state index in [-0.39, 0.29) is 6.10 Å². The van der Waals surface area contributed by atoms with Crippen molar-refractivity contribution < 1.29 is 9.15 Å². The number of fused-ring (bicyclic) bond motifs is 1. The Morgan fingerprint density at radius 1 is 1.35 bits per heavy atom. The smallest absolute Gasteiger partial charge is 0.140 e. The number of rotatable bonds is 2. The van der Waals surface area contributed by atoms with Gasteiger partial charge in [0, 0.05) is 12.1 Å². The van der Waals surface area contributed by atoms with Crippen LogP contribution in [-0.2, 0) is 6.54 Å². The van der Waals surface area contributed by atoms with Crippen LogP contribution in [0.15, 0.2) is 28.7 Å². The standard InChI is InChI=1S/C15H15Cl2NO2/c1-9-6-10-13(19-9)7-18(2)8-14(10)20-12-5-3-4-11(16)15(12)17/h3-6,14H,7-8H2,1-2H3. The molecule has 0 bridgehead atoms. The summed E-state index contributed by atoms with van der Waals surface area (Å²) in [7, 11) is 2.04. The van der Waals surface area contributed by atoms with Gasteiger partial charge in [0.2, 0.25) is 0 Å². The van der Waals surface area contributed by atoms with E-state index < -0.39 is 0 Å². The van der Waals surface area contributed by atoms with Crippen molar-refractivity contribution in [1.82, 2.24) is 4.90 Å². The highest BCUT2D eigenvalue weighted by atomic mass is 35.5. The quantitative estimate of drug-likeness (QED) is 0.818. The second-order valence-corrected chi connectivity index (χ2v) is 5.88. The maximum absolute atomic E-state index is 6.19. The third-order valence-corrected chi connectivity index (χ3v) is 4.19. The summed E-state index contributed by atoms with van der Waals surface area (Å²) in [5.41, 5.74) is 1.09. The first kappa shape index (κ1) is 13.8. The fraction of sp³-hybridized carbons (Fsp3) is 0.333. The molecule has 1 unspecified atom stereocenters. The van der Waals surface area contributed by atoms with Crippen LogP contribution in [0.5, 0.6) is 5.75 Å². The molecule has 0 N–H and O–H groups in total. The molecule has 0 radical (unpaired) electrons. The Labute approximate surface area is 128 Å². The molecule has 0 amide bonds.